The lowest BCUT2D eigenvalue weighted by Crippen LogP contribution is -2.45. The second-order valence-electron chi connectivity index (χ2n) is 4.97. The van der Waals surface area contributed by atoms with Gasteiger partial charge in [-0.2, -0.15) is 13.2 Å². The van der Waals surface area contributed by atoms with Crippen molar-refractivity contribution in [2.75, 3.05) is 0 Å². The molecule has 0 radical (unpaired) electrons. The molecule has 96 valence electrons. The third-order valence-electron chi connectivity index (χ3n) is 3.96. The van der Waals surface area contributed by atoms with Crippen LogP contribution in [0.25, 0.3) is 5.57 Å². The van der Waals surface area contributed by atoms with E-state index in [1.54, 1.807) is 12.1 Å². The minimum atomic E-state index is -4.75. The van der Waals surface area contributed by atoms with Crippen LogP contribution in [-0.4, -0.2) is 12.0 Å². The number of hydrogen-bond acceptors (Lipinski definition) is 2. The molecule has 1 fully saturated rings. The summed E-state index contributed by atoms with van der Waals surface area (Å²) in [6, 6.07) is 3.59. The second-order valence-corrected chi connectivity index (χ2v) is 5.92. The molecule has 1 aromatic heterocycles. The van der Waals surface area contributed by atoms with E-state index in [1.807, 2.05) is 5.38 Å². The van der Waals surface area contributed by atoms with E-state index in [-0.39, 0.29) is 5.57 Å². The summed E-state index contributed by atoms with van der Waals surface area (Å²) in [7, 11) is 0. The molecule has 5 heteroatoms. The molecule has 1 aromatic rings. The maximum absolute atomic E-state index is 12.7. The molecule has 0 saturated heterocycles. The number of Topliss-reactive ketones (excluding diaryl/α,β-unsaturated/α-hetero) is 1. The van der Waals surface area contributed by atoms with Gasteiger partial charge in [-0.1, -0.05) is 12.5 Å². The first-order chi connectivity index (χ1) is 8.44. The van der Waals surface area contributed by atoms with Gasteiger partial charge in [0.05, 0.1) is 0 Å². The van der Waals surface area contributed by atoms with Crippen molar-refractivity contribution in [3.8, 4) is 0 Å². The van der Waals surface area contributed by atoms with Gasteiger partial charge in [-0.15, -0.1) is 11.3 Å². The molecule has 1 saturated carbocycles. The Labute approximate surface area is 106 Å². The molecule has 0 N–H and O–H groups in total. The van der Waals surface area contributed by atoms with Gasteiger partial charge >= 0.3 is 6.18 Å². The lowest BCUT2D eigenvalue weighted by molar-refractivity contribution is -0.169. The van der Waals surface area contributed by atoms with Crippen molar-refractivity contribution in [3.63, 3.8) is 0 Å². The molecule has 1 spiro atoms. The van der Waals surface area contributed by atoms with Gasteiger partial charge in [-0.25, -0.2) is 0 Å². The third-order valence-corrected chi connectivity index (χ3v) is 4.89. The fourth-order valence-electron chi connectivity index (χ4n) is 2.94. The maximum Gasteiger partial charge on any atom is 0.454 e. The Morgan fingerprint density at radius 1 is 1.33 bits per heavy atom. The number of halogens is 3. The average molecular weight is 272 g/mol. The largest absolute Gasteiger partial charge is 0.454 e. The zero-order valence-corrected chi connectivity index (χ0v) is 10.3. The predicted octanol–water partition coefficient (Wildman–Crippen LogP) is 4.21. The number of carbonyl (C=O) groups excluding carboxylic acids is 1. The highest BCUT2D eigenvalue weighted by Gasteiger charge is 2.57. The van der Waals surface area contributed by atoms with Crippen molar-refractivity contribution >= 4 is 22.7 Å². The molecule has 0 unspecified atom stereocenters. The molecule has 0 aromatic carbocycles. The predicted molar refractivity (Wildman–Crippen MR) is 63.2 cm³/mol. The van der Waals surface area contributed by atoms with E-state index in [1.165, 1.54) is 11.3 Å². The summed E-state index contributed by atoms with van der Waals surface area (Å²) in [5.74, 6) is -1.63. The molecule has 1 heterocycles. The van der Waals surface area contributed by atoms with E-state index in [4.69, 9.17) is 0 Å². The Hall–Kier alpha value is -1.10. The zero-order valence-electron chi connectivity index (χ0n) is 9.51. The number of thiophene rings is 1. The molecular formula is C13H11F3OS. The van der Waals surface area contributed by atoms with Crippen LogP contribution in [0.4, 0.5) is 13.2 Å². The minimum absolute atomic E-state index is 0.0451. The van der Waals surface area contributed by atoms with Crippen LogP contribution in [0.1, 0.15) is 30.6 Å². The molecular weight excluding hydrogens is 261 g/mol. The summed E-state index contributed by atoms with van der Waals surface area (Å²) in [5.41, 5.74) is 0.210. The van der Waals surface area contributed by atoms with Crippen LogP contribution in [-0.2, 0) is 4.79 Å². The minimum Gasteiger partial charge on any atom is -0.284 e. The Morgan fingerprint density at radius 2 is 2.06 bits per heavy atom. The number of carbonyl (C=O) groups is 1. The smallest absolute Gasteiger partial charge is 0.284 e. The normalized spacial score (nSPS) is 21.7. The summed E-state index contributed by atoms with van der Waals surface area (Å²) in [5, 5.41) is 1.82. The van der Waals surface area contributed by atoms with Gasteiger partial charge < -0.3 is 0 Å². The highest BCUT2D eigenvalue weighted by Crippen LogP contribution is 2.63. The van der Waals surface area contributed by atoms with Crippen molar-refractivity contribution in [1.82, 2.24) is 0 Å². The topological polar surface area (TPSA) is 17.1 Å². The number of rotatable bonds is 2. The lowest BCUT2D eigenvalue weighted by atomic mass is 9.52. The van der Waals surface area contributed by atoms with Crippen LogP contribution >= 0.6 is 11.3 Å². The number of allylic oxidation sites excluding steroid dienone is 2. The molecule has 0 amide bonds. The van der Waals surface area contributed by atoms with Crippen LogP contribution in [0.5, 0.6) is 0 Å². The highest BCUT2D eigenvalue weighted by atomic mass is 32.1. The summed E-state index contributed by atoms with van der Waals surface area (Å²) >= 11 is 1.40. The fraction of sp³-hybridized carbons (Fsp3) is 0.462. The third kappa shape index (κ3) is 1.56. The first kappa shape index (κ1) is 12.0. The molecule has 3 rings (SSSR count). The fourth-order valence-corrected chi connectivity index (χ4v) is 3.72. The lowest BCUT2D eigenvalue weighted by Gasteiger charge is -2.51. The van der Waals surface area contributed by atoms with Crippen molar-refractivity contribution in [2.45, 2.75) is 31.9 Å². The van der Waals surface area contributed by atoms with E-state index in [0.717, 1.165) is 24.1 Å². The Balaban J connectivity index is 2.04. The Kier molecular flexibility index (Phi) is 2.46. The average Bonchev–Trinajstić information content (AvgIpc) is 2.65. The highest BCUT2D eigenvalue weighted by molar-refractivity contribution is 7.11. The number of alkyl halides is 3. The molecule has 1 nitrogen and oxygen atoms in total. The second kappa shape index (κ2) is 3.70. The first-order valence-corrected chi connectivity index (χ1v) is 6.71. The van der Waals surface area contributed by atoms with Gasteiger partial charge in [0.25, 0.3) is 5.78 Å². The number of ketones is 1. The number of hydrogen-bond donors (Lipinski definition) is 0. The van der Waals surface area contributed by atoms with Gasteiger partial charge in [0.1, 0.15) is 0 Å². The van der Waals surface area contributed by atoms with E-state index in [9.17, 15) is 18.0 Å². The summed E-state index contributed by atoms with van der Waals surface area (Å²) in [6.07, 6.45) is -1.75. The van der Waals surface area contributed by atoms with Crippen molar-refractivity contribution in [3.05, 3.63) is 28.0 Å². The molecule has 0 bridgehead atoms. The standard InChI is InChI=1S/C13H11F3OS/c14-13(15,16)11(17)10-8(9-3-1-6-18-9)7-12(10)4-2-5-12/h1,3,6H,2,4-5,7H2. The van der Waals surface area contributed by atoms with Crippen LogP contribution in [0, 0.1) is 5.41 Å². The molecule has 0 atom stereocenters. The van der Waals surface area contributed by atoms with Crippen molar-refractivity contribution < 1.29 is 18.0 Å². The van der Waals surface area contributed by atoms with Crippen molar-refractivity contribution in [2.24, 2.45) is 5.41 Å². The van der Waals surface area contributed by atoms with Crippen LogP contribution in [0.3, 0.4) is 0 Å². The molecule has 2 aliphatic rings. The van der Waals surface area contributed by atoms with E-state index in [0.29, 0.717) is 12.0 Å². The molecule has 0 aliphatic heterocycles. The summed E-state index contributed by atoms with van der Waals surface area (Å²) in [4.78, 5) is 12.4. The van der Waals surface area contributed by atoms with Gasteiger partial charge in [-0.3, -0.25) is 4.79 Å². The summed E-state index contributed by atoms with van der Waals surface area (Å²) in [6.45, 7) is 0. The van der Waals surface area contributed by atoms with Crippen LogP contribution < -0.4 is 0 Å². The van der Waals surface area contributed by atoms with Gasteiger partial charge in [0, 0.05) is 15.9 Å². The maximum atomic E-state index is 12.7. The SMILES string of the molecule is O=C(C1=C(c2cccs2)CC12CCC2)C(F)(F)F. The quantitative estimate of drug-likeness (QED) is 0.788. The van der Waals surface area contributed by atoms with Crippen LogP contribution in [0.15, 0.2) is 23.1 Å². The first-order valence-electron chi connectivity index (χ1n) is 5.83. The van der Waals surface area contributed by atoms with Crippen molar-refractivity contribution in [1.29, 1.82) is 0 Å². The molecule has 18 heavy (non-hydrogen) atoms. The van der Waals surface area contributed by atoms with Gasteiger partial charge in [0.2, 0.25) is 0 Å². The molecule has 2 aliphatic carbocycles. The monoisotopic (exact) mass is 272 g/mol. The zero-order chi connectivity index (χ0) is 13.0. The Bertz CT molecular complexity index is 521. The Morgan fingerprint density at radius 3 is 2.50 bits per heavy atom. The van der Waals surface area contributed by atoms with Gasteiger partial charge in [0.15, 0.2) is 0 Å². The van der Waals surface area contributed by atoms with E-state index < -0.39 is 17.4 Å². The summed E-state index contributed by atoms with van der Waals surface area (Å²) < 4.78 is 38.0. The van der Waals surface area contributed by atoms with Crippen LogP contribution in [0.2, 0.25) is 0 Å². The van der Waals surface area contributed by atoms with E-state index >= 15 is 0 Å². The van der Waals surface area contributed by atoms with Gasteiger partial charge in [-0.05, 0) is 36.3 Å². The van der Waals surface area contributed by atoms with E-state index in [2.05, 4.69) is 0 Å².